The Morgan fingerprint density at radius 3 is 2.68 bits per heavy atom. The number of aryl methyl sites for hydroxylation is 1. The fourth-order valence-electron chi connectivity index (χ4n) is 1.99. The molecule has 0 heterocycles. The van der Waals surface area contributed by atoms with Crippen molar-refractivity contribution in [3.8, 4) is 5.75 Å². The number of hydrogen-bond donors (Lipinski definition) is 1. The molecule has 2 aromatic carbocycles. The molecule has 0 bridgehead atoms. The molecule has 2 rings (SSSR count). The second-order valence-electron chi connectivity index (χ2n) is 4.70. The Kier molecular flexibility index (Phi) is 5.47. The first-order chi connectivity index (χ1) is 10.5. The van der Waals surface area contributed by atoms with Gasteiger partial charge < -0.3 is 10.1 Å². The van der Waals surface area contributed by atoms with Gasteiger partial charge in [0.05, 0.1) is 12.1 Å². The number of halogens is 2. The van der Waals surface area contributed by atoms with Crippen LogP contribution in [0.4, 0.5) is 5.69 Å². The van der Waals surface area contributed by atoms with Crippen molar-refractivity contribution in [3.05, 3.63) is 63.6 Å². The average molecular weight is 336 g/mol. The fraction of sp³-hybridized carbons (Fsp3) is 0.118. The monoisotopic (exact) mass is 335 g/mol. The molecular weight excluding hydrogens is 321 g/mol. The number of benzene rings is 2. The van der Waals surface area contributed by atoms with E-state index < -0.39 is 0 Å². The van der Waals surface area contributed by atoms with E-state index in [0.29, 0.717) is 21.4 Å². The number of hydrogen-bond acceptors (Lipinski definition) is 2. The predicted molar refractivity (Wildman–Crippen MR) is 91.9 cm³/mol. The fourth-order valence-corrected chi connectivity index (χ4v) is 2.58. The second kappa shape index (κ2) is 7.34. The van der Waals surface area contributed by atoms with Crippen molar-refractivity contribution in [2.75, 3.05) is 12.4 Å². The average Bonchev–Trinajstić information content (AvgIpc) is 2.44. The Balaban J connectivity index is 2.16. The van der Waals surface area contributed by atoms with Crippen molar-refractivity contribution in [3.63, 3.8) is 0 Å². The molecule has 2 aromatic rings. The van der Waals surface area contributed by atoms with Crippen molar-refractivity contribution in [1.82, 2.24) is 0 Å². The zero-order chi connectivity index (χ0) is 16.1. The highest BCUT2D eigenvalue weighted by molar-refractivity contribution is 6.36. The predicted octanol–water partition coefficient (Wildman–Crippen LogP) is 4.96. The summed E-state index contributed by atoms with van der Waals surface area (Å²) in [7, 11) is 1.51. The maximum atomic E-state index is 12.0. The molecule has 0 aliphatic carbocycles. The van der Waals surface area contributed by atoms with Crippen molar-refractivity contribution in [2.45, 2.75) is 6.92 Å². The molecular formula is C17H15Cl2NO2. The lowest BCUT2D eigenvalue weighted by Gasteiger charge is -2.08. The van der Waals surface area contributed by atoms with Crippen molar-refractivity contribution < 1.29 is 9.53 Å². The van der Waals surface area contributed by atoms with E-state index in [4.69, 9.17) is 27.9 Å². The van der Waals surface area contributed by atoms with Gasteiger partial charge in [-0.1, -0.05) is 35.3 Å². The molecule has 3 nitrogen and oxygen atoms in total. The molecule has 0 radical (unpaired) electrons. The van der Waals surface area contributed by atoms with E-state index in [0.717, 1.165) is 11.3 Å². The molecule has 0 unspecified atom stereocenters. The van der Waals surface area contributed by atoms with Crippen LogP contribution in [0.25, 0.3) is 6.08 Å². The van der Waals surface area contributed by atoms with Crippen LogP contribution in [-0.4, -0.2) is 13.0 Å². The van der Waals surface area contributed by atoms with Gasteiger partial charge in [-0.2, -0.15) is 0 Å². The van der Waals surface area contributed by atoms with Gasteiger partial charge in [0.1, 0.15) is 5.75 Å². The summed E-state index contributed by atoms with van der Waals surface area (Å²) in [6.07, 6.45) is 3.02. The van der Waals surface area contributed by atoms with E-state index in [-0.39, 0.29) is 5.91 Å². The van der Waals surface area contributed by atoms with Gasteiger partial charge >= 0.3 is 0 Å². The quantitative estimate of drug-likeness (QED) is 0.801. The highest BCUT2D eigenvalue weighted by Gasteiger charge is 2.08. The van der Waals surface area contributed by atoms with E-state index in [1.165, 1.54) is 13.2 Å². The van der Waals surface area contributed by atoms with Crippen LogP contribution in [0.1, 0.15) is 11.1 Å². The van der Waals surface area contributed by atoms with Crippen molar-refractivity contribution in [2.24, 2.45) is 0 Å². The lowest BCUT2D eigenvalue weighted by molar-refractivity contribution is -0.111. The third-order valence-corrected chi connectivity index (χ3v) is 3.44. The number of nitrogens with one attached hydrogen (secondary N) is 1. The van der Waals surface area contributed by atoms with Gasteiger partial charge in [0.15, 0.2) is 0 Å². The van der Waals surface area contributed by atoms with E-state index in [1.54, 1.807) is 18.2 Å². The van der Waals surface area contributed by atoms with E-state index in [1.807, 2.05) is 31.2 Å². The summed E-state index contributed by atoms with van der Waals surface area (Å²) in [6.45, 7) is 1.96. The molecule has 0 aromatic heterocycles. The van der Waals surface area contributed by atoms with Crippen LogP contribution in [0.15, 0.2) is 42.5 Å². The minimum absolute atomic E-state index is 0.247. The van der Waals surface area contributed by atoms with Crippen LogP contribution in [0.2, 0.25) is 10.0 Å². The van der Waals surface area contributed by atoms with Gasteiger partial charge in [-0.3, -0.25) is 4.79 Å². The zero-order valence-corrected chi connectivity index (χ0v) is 13.7. The summed E-state index contributed by atoms with van der Waals surface area (Å²) in [5.41, 5.74) is 2.45. The number of anilines is 1. The molecule has 0 fully saturated rings. The van der Waals surface area contributed by atoms with Gasteiger partial charge in [-0.15, -0.1) is 0 Å². The van der Waals surface area contributed by atoms with Crippen LogP contribution in [0.5, 0.6) is 5.75 Å². The van der Waals surface area contributed by atoms with Gasteiger partial charge in [0.2, 0.25) is 5.91 Å². The Hall–Kier alpha value is -1.97. The van der Waals surface area contributed by atoms with E-state index in [9.17, 15) is 4.79 Å². The van der Waals surface area contributed by atoms with Crippen molar-refractivity contribution in [1.29, 1.82) is 0 Å². The number of methoxy groups -OCH3 is 1. The van der Waals surface area contributed by atoms with Crippen LogP contribution in [0, 0.1) is 6.92 Å². The Labute approximate surface area is 139 Å². The molecule has 0 atom stereocenters. The van der Waals surface area contributed by atoms with Crippen LogP contribution < -0.4 is 10.1 Å². The lowest BCUT2D eigenvalue weighted by Crippen LogP contribution is -2.07. The summed E-state index contributed by atoms with van der Waals surface area (Å²) >= 11 is 12.0. The third-order valence-electron chi connectivity index (χ3n) is 2.94. The molecule has 114 valence electrons. The molecule has 0 saturated carbocycles. The molecule has 22 heavy (non-hydrogen) atoms. The minimum Gasteiger partial charge on any atom is -0.495 e. The van der Waals surface area contributed by atoms with E-state index in [2.05, 4.69) is 5.32 Å². The maximum absolute atomic E-state index is 12.0. The molecule has 0 spiro atoms. The first-order valence-electron chi connectivity index (χ1n) is 6.58. The molecule has 1 amide bonds. The standard InChI is InChI=1S/C17H15Cl2NO2/c1-11-4-3-5-14(8-11)20-16(21)7-6-12-9-13(18)10-15(19)17(12)22-2/h3-10H,1-2H3,(H,20,21)/b7-6+. The van der Waals surface area contributed by atoms with Crippen LogP contribution in [0.3, 0.4) is 0 Å². The van der Waals surface area contributed by atoms with Gasteiger partial charge in [0.25, 0.3) is 0 Å². The Bertz CT molecular complexity index is 727. The van der Waals surface area contributed by atoms with Gasteiger partial charge in [0, 0.05) is 22.3 Å². The first-order valence-corrected chi connectivity index (χ1v) is 7.34. The topological polar surface area (TPSA) is 38.3 Å². The molecule has 0 aliphatic heterocycles. The summed E-state index contributed by atoms with van der Waals surface area (Å²) in [5, 5.41) is 3.66. The van der Waals surface area contributed by atoms with Crippen LogP contribution >= 0.6 is 23.2 Å². The van der Waals surface area contributed by atoms with Gasteiger partial charge in [-0.05, 0) is 42.8 Å². The highest BCUT2D eigenvalue weighted by Crippen LogP contribution is 2.32. The number of carbonyl (C=O) groups is 1. The number of rotatable bonds is 4. The van der Waals surface area contributed by atoms with Crippen LogP contribution in [-0.2, 0) is 4.79 Å². The zero-order valence-electron chi connectivity index (χ0n) is 12.2. The minimum atomic E-state index is -0.247. The van der Waals surface area contributed by atoms with Crippen molar-refractivity contribution >= 4 is 40.9 Å². The SMILES string of the molecule is COc1c(Cl)cc(Cl)cc1/C=C/C(=O)Nc1cccc(C)c1. The molecule has 0 saturated heterocycles. The Morgan fingerprint density at radius 1 is 1.23 bits per heavy atom. The molecule has 1 N–H and O–H groups in total. The Morgan fingerprint density at radius 2 is 2.00 bits per heavy atom. The maximum Gasteiger partial charge on any atom is 0.248 e. The normalized spacial score (nSPS) is 10.7. The van der Waals surface area contributed by atoms with Gasteiger partial charge in [-0.25, -0.2) is 0 Å². The number of ether oxygens (including phenoxy) is 1. The smallest absolute Gasteiger partial charge is 0.248 e. The molecule has 5 heteroatoms. The number of carbonyl (C=O) groups excluding carboxylic acids is 1. The lowest BCUT2D eigenvalue weighted by atomic mass is 10.2. The highest BCUT2D eigenvalue weighted by atomic mass is 35.5. The first kappa shape index (κ1) is 16.4. The largest absolute Gasteiger partial charge is 0.495 e. The molecule has 0 aliphatic rings. The summed E-state index contributed by atoms with van der Waals surface area (Å²) in [4.78, 5) is 12.0. The summed E-state index contributed by atoms with van der Waals surface area (Å²) in [5.74, 6) is 0.231. The second-order valence-corrected chi connectivity index (χ2v) is 5.55. The number of amides is 1. The third kappa shape index (κ3) is 4.26. The summed E-state index contributed by atoms with van der Waals surface area (Å²) in [6, 6.07) is 10.8. The summed E-state index contributed by atoms with van der Waals surface area (Å²) < 4.78 is 5.22. The van der Waals surface area contributed by atoms with E-state index >= 15 is 0 Å².